The van der Waals surface area contributed by atoms with Gasteiger partial charge in [0.1, 0.15) is 5.82 Å². The Hall–Kier alpha value is -1.13. The van der Waals surface area contributed by atoms with Gasteiger partial charge in [-0.05, 0) is 17.9 Å². The first kappa shape index (κ1) is 10.1. The Labute approximate surface area is 98.9 Å². The molecule has 0 amide bonds. The zero-order valence-corrected chi connectivity index (χ0v) is 9.91. The van der Waals surface area contributed by atoms with Gasteiger partial charge in [0.2, 0.25) is 0 Å². The van der Waals surface area contributed by atoms with Gasteiger partial charge in [0.05, 0.1) is 5.69 Å². The van der Waals surface area contributed by atoms with Gasteiger partial charge in [-0.2, -0.15) is 0 Å². The van der Waals surface area contributed by atoms with Crippen molar-refractivity contribution in [2.75, 3.05) is 0 Å². The zero-order chi connectivity index (χ0) is 11.0. The van der Waals surface area contributed by atoms with Crippen LogP contribution in [0.5, 0.6) is 0 Å². The Bertz CT molecular complexity index is 472. The maximum absolute atomic E-state index is 5.95. The van der Waals surface area contributed by atoms with Crippen LogP contribution in [0, 0.1) is 0 Å². The molecule has 4 heteroatoms. The lowest BCUT2D eigenvalue weighted by Gasteiger charge is -2.19. The largest absolute Gasteiger partial charge is 0.333 e. The van der Waals surface area contributed by atoms with Crippen molar-refractivity contribution in [1.82, 2.24) is 9.55 Å². The molecule has 1 aliphatic rings. The second kappa shape index (κ2) is 4.03. The van der Waals surface area contributed by atoms with E-state index >= 15 is 0 Å². The number of imidazole rings is 1. The molecule has 3 heterocycles. The molecule has 0 aromatic carbocycles. The van der Waals surface area contributed by atoms with Crippen molar-refractivity contribution < 1.29 is 0 Å². The Morgan fingerprint density at radius 3 is 3.31 bits per heavy atom. The molecule has 0 fully saturated rings. The summed E-state index contributed by atoms with van der Waals surface area (Å²) in [7, 11) is 0. The van der Waals surface area contributed by atoms with Gasteiger partial charge in [-0.1, -0.05) is 6.07 Å². The van der Waals surface area contributed by atoms with E-state index in [-0.39, 0.29) is 0 Å². The fourth-order valence-corrected chi connectivity index (χ4v) is 2.93. The summed E-state index contributed by atoms with van der Waals surface area (Å²) in [6.07, 6.45) is 5.20. The van der Waals surface area contributed by atoms with E-state index in [9.17, 15) is 0 Å². The second-order valence-electron chi connectivity index (χ2n) is 4.36. The Morgan fingerprint density at radius 1 is 1.56 bits per heavy atom. The smallest absolute Gasteiger partial charge is 0.109 e. The highest BCUT2D eigenvalue weighted by Crippen LogP contribution is 2.18. The topological polar surface area (TPSA) is 43.8 Å². The summed E-state index contributed by atoms with van der Waals surface area (Å²) < 4.78 is 2.22. The Morgan fingerprint density at radius 2 is 2.50 bits per heavy atom. The highest BCUT2D eigenvalue weighted by molar-refractivity contribution is 7.09. The predicted molar refractivity (Wildman–Crippen MR) is 65.6 cm³/mol. The van der Waals surface area contributed by atoms with Crippen LogP contribution in [0.2, 0.25) is 0 Å². The number of nitrogens with two attached hydrogens (primary N) is 1. The molecule has 0 radical (unpaired) electrons. The lowest BCUT2D eigenvalue weighted by Crippen LogP contribution is -2.31. The van der Waals surface area contributed by atoms with Gasteiger partial charge in [0, 0.05) is 36.5 Å². The number of rotatable bonds is 2. The monoisotopic (exact) mass is 233 g/mol. The minimum Gasteiger partial charge on any atom is -0.333 e. The number of thiophene rings is 1. The normalized spacial score (nSPS) is 19.7. The molecule has 0 spiro atoms. The van der Waals surface area contributed by atoms with Crippen LogP contribution in [-0.2, 0) is 19.4 Å². The molecule has 16 heavy (non-hydrogen) atoms. The molecule has 1 aliphatic heterocycles. The first-order valence-electron chi connectivity index (χ1n) is 5.64. The SMILES string of the molecule is NC1CCc2nc(Cc3cccs3)cn2C1. The maximum atomic E-state index is 5.95. The summed E-state index contributed by atoms with van der Waals surface area (Å²) >= 11 is 1.79. The van der Waals surface area contributed by atoms with Crippen molar-refractivity contribution in [3.8, 4) is 0 Å². The summed E-state index contributed by atoms with van der Waals surface area (Å²) in [4.78, 5) is 6.05. The second-order valence-corrected chi connectivity index (χ2v) is 5.39. The van der Waals surface area contributed by atoms with Gasteiger partial charge in [-0.25, -0.2) is 4.98 Å². The molecule has 1 unspecified atom stereocenters. The Balaban J connectivity index is 1.82. The van der Waals surface area contributed by atoms with Crippen molar-refractivity contribution in [2.24, 2.45) is 5.73 Å². The highest BCUT2D eigenvalue weighted by Gasteiger charge is 2.17. The highest BCUT2D eigenvalue weighted by atomic mass is 32.1. The van der Waals surface area contributed by atoms with Crippen molar-refractivity contribution in [3.63, 3.8) is 0 Å². The van der Waals surface area contributed by atoms with E-state index < -0.39 is 0 Å². The van der Waals surface area contributed by atoms with Gasteiger partial charge in [-0.3, -0.25) is 0 Å². The van der Waals surface area contributed by atoms with E-state index in [0.717, 1.165) is 25.8 Å². The van der Waals surface area contributed by atoms with Crippen LogP contribution < -0.4 is 5.73 Å². The number of hydrogen-bond acceptors (Lipinski definition) is 3. The summed E-state index contributed by atoms with van der Waals surface area (Å²) in [6.45, 7) is 0.923. The van der Waals surface area contributed by atoms with Crippen molar-refractivity contribution in [1.29, 1.82) is 0 Å². The molecular weight excluding hydrogens is 218 g/mol. The van der Waals surface area contributed by atoms with Crippen molar-refractivity contribution >= 4 is 11.3 Å². The lowest BCUT2D eigenvalue weighted by atomic mass is 10.1. The third-order valence-electron chi connectivity index (χ3n) is 3.01. The average Bonchev–Trinajstić information content (AvgIpc) is 2.86. The van der Waals surface area contributed by atoms with Crippen LogP contribution in [0.3, 0.4) is 0 Å². The number of fused-ring (bicyclic) bond motifs is 1. The van der Waals surface area contributed by atoms with E-state index in [4.69, 9.17) is 5.73 Å². The maximum Gasteiger partial charge on any atom is 0.109 e. The minimum absolute atomic E-state index is 0.302. The fraction of sp³-hybridized carbons (Fsp3) is 0.417. The van der Waals surface area contributed by atoms with Crippen LogP contribution in [0.4, 0.5) is 0 Å². The molecule has 2 aromatic heterocycles. The van der Waals surface area contributed by atoms with Gasteiger partial charge in [0.25, 0.3) is 0 Å². The molecular formula is C12H15N3S. The number of aromatic nitrogens is 2. The molecule has 84 valence electrons. The minimum atomic E-state index is 0.302. The van der Waals surface area contributed by atoms with Crippen LogP contribution >= 0.6 is 11.3 Å². The van der Waals surface area contributed by atoms with Crippen LogP contribution in [0.1, 0.15) is 22.8 Å². The van der Waals surface area contributed by atoms with Crippen molar-refractivity contribution in [3.05, 3.63) is 40.1 Å². The number of aryl methyl sites for hydroxylation is 1. The van der Waals surface area contributed by atoms with Crippen LogP contribution in [0.25, 0.3) is 0 Å². The summed E-state index contributed by atoms with van der Waals surface area (Å²) in [6, 6.07) is 4.55. The van der Waals surface area contributed by atoms with E-state index in [2.05, 4.69) is 33.3 Å². The first-order chi connectivity index (χ1) is 7.81. The van der Waals surface area contributed by atoms with E-state index in [0.29, 0.717) is 6.04 Å². The third kappa shape index (κ3) is 1.90. The molecule has 3 nitrogen and oxygen atoms in total. The molecule has 2 aromatic rings. The molecule has 0 saturated carbocycles. The average molecular weight is 233 g/mol. The standard InChI is InChI=1S/C12H15N3S/c13-9-3-4-12-14-10(8-15(12)7-9)6-11-2-1-5-16-11/h1-2,5,8-9H,3-4,6-7,13H2. The van der Waals surface area contributed by atoms with Crippen molar-refractivity contribution in [2.45, 2.75) is 31.8 Å². The van der Waals surface area contributed by atoms with Crippen LogP contribution in [0.15, 0.2) is 23.7 Å². The van der Waals surface area contributed by atoms with Gasteiger partial charge in [0.15, 0.2) is 0 Å². The van der Waals surface area contributed by atoms with E-state index in [1.165, 1.54) is 16.4 Å². The number of nitrogens with zero attached hydrogens (tertiary/aromatic N) is 2. The van der Waals surface area contributed by atoms with Gasteiger partial charge < -0.3 is 10.3 Å². The molecule has 3 rings (SSSR count). The summed E-state index contributed by atoms with van der Waals surface area (Å²) in [5.74, 6) is 1.20. The zero-order valence-electron chi connectivity index (χ0n) is 9.10. The summed E-state index contributed by atoms with van der Waals surface area (Å²) in [5, 5.41) is 2.11. The molecule has 0 aliphatic carbocycles. The molecule has 0 saturated heterocycles. The fourth-order valence-electron chi connectivity index (χ4n) is 2.21. The van der Waals surface area contributed by atoms with Gasteiger partial charge >= 0.3 is 0 Å². The Kier molecular flexibility index (Phi) is 2.53. The molecule has 0 bridgehead atoms. The predicted octanol–water partition coefficient (Wildman–Crippen LogP) is 1.81. The quantitative estimate of drug-likeness (QED) is 0.859. The first-order valence-corrected chi connectivity index (χ1v) is 6.52. The van der Waals surface area contributed by atoms with E-state index in [1.807, 2.05) is 0 Å². The third-order valence-corrected chi connectivity index (χ3v) is 3.89. The van der Waals surface area contributed by atoms with Gasteiger partial charge in [-0.15, -0.1) is 11.3 Å². The van der Waals surface area contributed by atoms with Crippen LogP contribution in [-0.4, -0.2) is 15.6 Å². The molecule has 2 N–H and O–H groups in total. The molecule has 1 atom stereocenters. The van der Waals surface area contributed by atoms with E-state index in [1.54, 1.807) is 11.3 Å². The number of hydrogen-bond donors (Lipinski definition) is 1. The summed E-state index contributed by atoms with van der Waals surface area (Å²) in [5.41, 5.74) is 7.12. The lowest BCUT2D eigenvalue weighted by molar-refractivity contribution is 0.453.